The van der Waals surface area contributed by atoms with Crippen LogP contribution < -0.4 is 5.32 Å². The van der Waals surface area contributed by atoms with Crippen molar-refractivity contribution in [1.82, 2.24) is 15.2 Å². The number of carbonyl (C=O) groups excluding carboxylic acids is 2. The van der Waals surface area contributed by atoms with Gasteiger partial charge in [0.2, 0.25) is 5.91 Å². The molecule has 6 heteroatoms. The zero-order chi connectivity index (χ0) is 24.9. The molecule has 36 heavy (non-hydrogen) atoms. The number of hydrogen-bond donors (Lipinski definition) is 2. The van der Waals surface area contributed by atoms with Gasteiger partial charge in [-0.1, -0.05) is 95.9 Å². The minimum absolute atomic E-state index is 0.131. The van der Waals surface area contributed by atoms with Crippen LogP contribution in [0.1, 0.15) is 59.6 Å². The Labute approximate surface area is 220 Å². The summed E-state index contributed by atoms with van der Waals surface area (Å²) < 4.78 is 0.926. The van der Waals surface area contributed by atoms with Gasteiger partial charge in [0.1, 0.15) is 6.04 Å². The molecule has 1 aromatic heterocycles. The number of nitrogens with zero attached hydrogens (tertiary/aromatic N) is 1. The van der Waals surface area contributed by atoms with E-state index in [9.17, 15) is 9.59 Å². The molecule has 0 bridgehead atoms. The number of hydrogen-bond acceptors (Lipinski definition) is 2. The van der Waals surface area contributed by atoms with Gasteiger partial charge < -0.3 is 15.2 Å². The Morgan fingerprint density at radius 1 is 0.917 bits per heavy atom. The van der Waals surface area contributed by atoms with E-state index in [-0.39, 0.29) is 17.9 Å². The number of H-pyrrole nitrogens is 1. The molecule has 5 nitrogen and oxygen atoms in total. The highest BCUT2D eigenvalue weighted by molar-refractivity contribution is 9.10. The molecule has 0 radical (unpaired) electrons. The molecule has 2 amide bonds. The maximum absolute atomic E-state index is 14.2. The minimum atomic E-state index is -0.763. The van der Waals surface area contributed by atoms with E-state index < -0.39 is 6.04 Å². The number of aromatic amines is 1. The number of fused-ring (bicyclic) bond motifs is 1. The topological polar surface area (TPSA) is 65.2 Å². The van der Waals surface area contributed by atoms with Crippen LogP contribution in [0.25, 0.3) is 10.9 Å². The summed E-state index contributed by atoms with van der Waals surface area (Å²) in [7, 11) is 0. The lowest BCUT2D eigenvalue weighted by atomic mass is 9.94. The van der Waals surface area contributed by atoms with Crippen molar-refractivity contribution < 1.29 is 9.59 Å². The van der Waals surface area contributed by atoms with Gasteiger partial charge in [-0.05, 0) is 42.2 Å². The molecule has 1 aliphatic carbocycles. The highest BCUT2D eigenvalue weighted by Gasteiger charge is 2.34. The fourth-order valence-corrected chi connectivity index (χ4v) is 5.37. The summed E-state index contributed by atoms with van der Waals surface area (Å²) in [6, 6.07) is 24.7. The van der Waals surface area contributed by atoms with Crippen LogP contribution in [0.2, 0.25) is 0 Å². The van der Waals surface area contributed by atoms with Gasteiger partial charge in [0.15, 0.2) is 0 Å². The number of carbonyl (C=O) groups is 2. The molecular weight excluding hydrogens is 514 g/mol. The second-order valence-corrected chi connectivity index (χ2v) is 10.4. The van der Waals surface area contributed by atoms with Gasteiger partial charge in [0.25, 0.3) is 5.91 Å². The predicted molar refractivity (Wildman–Crippen MR) is 147 cm³/mol. The van der Waals surface area contributed by atoms with Crippen LogP contribution in [0.3, 0.4) is 0 Å². The first-order valence-corrected chi connectivity index (χ1v) is 13.4. The first kappa shape index (κ1) is 24.3. The van der Waals surface area contributed by atoms with Gasteiger partial charge in [0.05, 0.1) is 5.56 Å². The van der Waals surface area contributed by atoms with Crippen molar-refractivity contribution in [1.29, 1.82) is 0 Å². The molecule has 3 aromatic carbocycles. The van der Waals surface area contributed by atoms with E-state index >= 15 is 0 Å². The molecule has 0 spiro atoms. The van der Waals surface area contributed by atoms with Crippen molar-refractivity contribution in [3.05, 3.63) is 106 Å². The van der Waals surface area contributed by atoms with Crippen molar-refractivity contribution in [3.8, 4) is 0 Å². The Morgan fingerprint density at radius 2 is 1.61 bits per heavy atom. The quantitative estimate of drug-likeness (QED) is 0.270. The molecule has 1 saturated carbocycles. The smallest absolute Gasteiger partial charge is 0.257 e. The Balaban J connectivity index is 1.57. The number of rotatable bonds is 7. The number of aromatic nitrogens is 1. The summed E-state index contributed by atoms with van der Waals surface area (Å²) in [5, 5.41) is 4.13. The lowest BCUT2D eigenvalue weighted by molar-refractivity contribution is -0.127. The van der Waals surface area contributed by atoms with E-state index in [1.54, 1.807) is 11.1 Å². The van der Waals surface area contributed by atoms with Gasteiger partial charge in [0, 0.05) is 34.2 Å². The fourth-order valence-electron chi connectivity index (χ4n) is 5.11. The highest BCUT2D eigenvalue weighted by atomic mass is 79.9. The predicted octanol–water partition coefficient (Wildman–Crippen LogP) is 6.76. The zero-order valence-corrected chi connectivity index (χ0v) is 21.7. The number of amides is 2. The molecule has 1 unspecified atom stereocenters. The third-order valence-corrected chi connectivity index (χ3v) is 7.50. The van der Waals surface area contributed by atoms with E-state index in [0.717, 1.165) is 52.2 Å². The molecule has 1 aliphatic rings. The standard InChI is InChI=1S/C30H30BrN3O2/c31-23-17-15-22(16-18-23)28(29(35)33-24-11-5-2-6-12-24)34(20-21-9-3-1-4-10-21)30(36)26-19-32-27-14-8-7-13-25(26)27/h1,3-4,7-10,13-19,24,28,32H,2,5-6,11-12,20H2,(H,33,35). The number of nitrogens with one attached hydrogen (secondary N) is 2. The monoisotopic (exact) mass is 543 g/mol. The molecule has 1 atom stereocenters. The Hall–Kier alpha value is -3.38. The van der Waals surface area contributed by atoms with Crippen LogP contribution in [0.4, 0.5) is 0 Å². The molecule has 0 aliphatic heterocycles. The number of halogens is 1. The van der Waals surface area contributed by atoms with E-state index in [4.69, 9.17) is 0 Å². The lowest BCUT2D eigenvalue weighted by Crippen LogP contribution is -2.46. The molecule has 5 rings (SSSR count). The van der Waals surface area contributed by atoms with Crippen LogP contribution in [-0.4, -0.2) is 27.7 Å². The van der Waals surface area contributed by atoms with Gasteiger partial charge in [-0.25, -0.2) is 0 Å². The van der Waals surface area contributed by atoms with Crippen LogP contribution >= 0.6 is 15.9 Å². The first-order valence-electron chi connectivity index (χ1n) is 12.6. The number of para-hydroxylation sites is 1. The van der Waals surface area contributed by atoms with Crippen LogP contribution in [0.15, 0.2) is 89.5 Å². The van der Waals surface area contributed by atoms with Gasteiger partial charge >= 0.3 is 0 Å². The third-order valence-electron chi connectivity index (χ3n) is 6.97. The Morgan fingerprint density at radius 3 is 2.36 bits per heavy atom. The maximum atomic E-state index is 14.2. The summed E-state index contributed by atoms with van der Waals surface area (Å²) >= 11 is 3.50. The second kappa shape index (κ2) is 11.1. The maximum Gasteiger partial charge on any atom is 0.257 e. The summed E-state index contributed by atoms with van der Waals surface area (Å²) in [4.78, 5) is 33.1. The van der Waals surface area contributed by atoms with Gasteiger partial charge in [-0.3, -0.25) is 9.59 Å². The van der Waals surface area contributed by atoms with Gasteiger partial charge in [-0.2, -0.15) is 0 Å². The molecule has 1 heterocycles. The van der Waals surface area contributed by atoms with Crippen LogP contribution in [-0.2, 0) is 11.3 Å². The van der Waals surface area contributed by atoms with E-state index in [0.29, 0.717) is 12.1 Å². The van der Waals surface area contributed by atoms with E-state index in [1.807, 2.05) is 78.9 Å². The first-order chi connectivity index (χ1) is 17.6. The van der Waals surface area contributed by atoms with Crippen molar-refractivity contribution >= 4 is 38.6 Å². The van der Waals surface area contributed by atoms with Crippen molar-refractivity contribution in [2.45, 2.75) is 50.7 Å². The number of benzene rings is 3. The second-order valence-electron chi connectivity index (χ2n) is 9.46. The summed E-state index contributed by atoms with van der Waals surface area (Å²) in [6.07, 6.45) is 7.16. The zero-order valence-electron chi connectivity index (χ0n) is 20.1. The average Bonchev–Trinajstić information content (AvgIpc) is 3.34. The molecule has 4 aromatic rings. The van der Waals surface area contributed by atoms with Crippen molar-refractivity contribution in [3.63, 3.8) is 0 Å². The molecular formula is C30H30BrN3O2. The summed E-state index contributed by atoms with van der Waals surface area (Å²) in [5.41, 5.74) is 3.22. The average molecular weight is 544 g/mol. The van der Waals surface area contributed by atoms with Crippen molar-refractivity contribution in [2.75, 3.05) is 0 Å². The summed E-state index contributed by atoms with van der Waals surface area (Å²) in [6.45, 7) is 0.317. The van der Waals surface area contributed by atoms with Crippen molar-refractivity contribution in [2.24, 2.45) is 0 Å². The molecule has 1 fully saturated rings. The Bertz CT molecular complexity index is 1330. The SMILES string of the molecule is O=C(NC1CCCCC1)C(c1ccc(Br)cc1)N(Cc1ccccc1)C(=O)c1c[nH]c2ccccc12. The van der Waals surface area contributed by atoms with E-state index in [1.165, 1.54) is 6.42 Å². The Kier molecular flexibility index (Phi) is 7.52. The third kappa shape index (κ3) is 5.39. The lowest BCUT2D eigenvalue weighted by Gasteiger charge is -2.33. The molecule has 184 valence electrons. The van der Waals surface area contributed by atoms with Crippen LogP contribution in [0.5, 0.6) is 0 Å². The summed E-state index contributed by atoms with van der Waals surface area (Å²) in [5.74, 6) is -0.309. The van der Waals surface area contributed by atoms with E-state index in [2.05, 4.69) is 26.2 Å². The van der Waals surface area contributed by atoms with Gasteiger partial charge in [-0.15, -0.1) is 0 Å². The van der Waals surface area contributed by atoms with Crippen LogP contribution in [0, 0.1) is 0 Å². The largest absolute Gasteiger partial charge is 0.360 e. The molecule has 0 saturated heterocycles. The normalized spacial score (nSPS) is 14.9. The highest BCUT2D eigenvalue weighted by Crippen LogP contribution is 2.30. The fraction of sp³-hybridized carbons (Fsp3) is 0.267. The minimum Gasteiger partial charge on any atom is -0.360 e. The molecule has 2 N–H and O–H groups in total.